The molecule has 6 nitrogen and oxygen atoms in total. The maximum Gasteiger partial charge on any atom is 0.274 e. The third-order valence-electron chi connectivity index (χ3n) is 3.02. The van der Waals surface area contributed by atoms with Crippen LogP contribution in [0.2, 0.25) is 0 Å². The lowest BCUT2D eigenvalue weighted by Crippen LogP contribution is -2.70. The van der Waals surface area contributed by atoms with Crippen molar-refractivity contribution in [1.29, 1.82) is 0 Å². The van der Waals surface area contributed by atoms with Crippen LogP contribution in [0.3, 0.4) is 0 Å². The van der Waals surface area contributed by atoms with Gasteiger partial charge in [-0.15, -0.1) is 0 Å². The van der Waals surface area contributed by atoms with E-state index in [0.717, 1.165) is 4.90 Å². The zero-order valence-electron chi connectivity index (χ0n) is 8.43. The molecule has 0 aromatic carbocycles. The largest absolute Gasteiger partial charge is 0.391 e. The molecule has 0 aliphatic carbocycles. The number of amides is 2. The summed E-state index contributed by atoms with van der Waals surface area (Å²) < 4.78 is 0. The highest BCUT2D eigenvalue weighted by Crippen LogP contribution is 2.30. The number of fused-ring (bicyclic) bond motifs is 1. The van der Waals surface area contributed by atoms with Crippen LogP contribution in [0.5, 0.6) is 0 Å². The number of hydrogen-bond acceptors (Lipinski definition) is 4. The molecule has 15 heavy (non-hydrogen) atoms. The van der Waals surface area contributed by atoms with Gasteiger partial charge in [0.1, 0.15) is 6.04 Å². The molecule has 2 rings (SSSR count). The van der Waals surface area contributed by atoms with Crippen LogP contribution in [0.25, 0.3) is 0 Å². The molecule has 0 aromatic rings. The van der Waals surface area contributed by atoms with E-state index in [9.17, 15) is 19.8 Å². The van der Waals surface area contributed by atoms with Crippen LogP contribution in [-0.2, 0) is 9.59 Å². The van der Waals surface area contributed by atoms with E-state index in [2.05, 4.69) is 5.32 Å². The van der Waals surface area contributed by atoms with Crippen LogP contribution in [0.4, 0.5) is 0 Å². The fourth-order valence-corrected chi connectivity index (χ4v) is 2.15. The minimum Gasteiger partial charge on any atom is -0.391 e. The molecule has 2 saturated heterocycles. The molecule has 2 aliphatic rings. The van der Waals surface area contributed by atoms with Crippen molar-refractivity contribution >= 4 is 11.8 Å². The van der Waals surface area contributed by atoms with E-state index in [4.69, 9.17) is 0 Å². The number of nitrogens with zero attached hydrogens (tertiary/aromatic N) is 1. The highest BCUT2D eigenvalue weighted by molar-refractivity contribution is 5.99. The summed E-state index contributed by atoms with van der Waals surface area (Å²) in [5, 5.41) is 21.6. The topological polar surface area (TPSA) is 89.9 Å². The summed E-state index contributed by atoms with van der Waals surface area (Å²) in [5.74, 6) is -1.00. The standard InChI is InChI=1S/C9H14N2O4/c1-5(12)6-7(13)11-4-2-3-9(11,15)8(14)10-6/h5-6,12,15H,2-4H2,1H3,(H,10,14). The predicted octanol–water partition coefficient (Wildman–Crippen LogP) is -1.82. The molecule has 0 bridgehead atoms. The molecule has 6 heteroatoms. The molecular weight excluding hydrogens is 200 g/mol. The van der Waals surface area contributed by atoms with Gasteiger partial charge in [-0.05, 0) is 13.3 Å². The molecule has 84 valence electrons. The summed E-state index contributed by atoms with van der Waals surface area (Å²) >= 11 is 0. The van der Waals surface area contributed by atoms with Gasteiger partial charge >= 0.3 is 0 Å². The van der Waals surface area contributed by atoms with Crippen molar-refractivity contribution in [2.45, 2.75) is 37.6 Å². The van der Waals surface area contributed by atoms with E-state index in [-0.39, 0.29) is 6.42 Å². The summed E-state index contributed by atoms with van der Waals surface area (Å²) in [4.78, 5) is 24.5. The van der Waals surface area contributed by atoms with Crippen molar-refractivity contribution in [3.63, 3.8) is 0 Å². The van der Waals surface area contributed by atoms with Crippen LogP contribution < -0.4 is 5.32 Å². The second-order valence-corrected chi connectivity index (χ2v) is 4.10. The molecule has 2 amide bonds. The van der Waals surface area contributed by atoms with Crippen LogP contribution in [0.1, 0.15) is 19.8 Å². The van der Waals surface area contributed by atoms with Gasteiger partial charge in [0.2, 0.25) is 11.6 Å². The number of carbonyl (C=O) groups excluding carboxylic acids is 2. The Morgan fingerprint density at radius 2 is 2.27 bits per heavy atom. The van der Waals surface area contributed by atoms with E-state index in [1.165, 1.54) is 6.92 Å². The lowest BCUT2D eigenvalue weighted by molar-refractivity contribution is -0.180. The minimum absolute atomic E-state index is 0.261. The van der Waals surface area contributed by atoms with E-state index in [0.29, 0.717) is 13.0 Å². The van der Waals surface area contributed by atoms with Gasteiger partial charge in [0, 0.05) is 13.0 Å². The van der Waals surface area contributed by atoms with Crippen molar-refractivity contribution in [3.8, 4) is 0 Å². The third-order valence-corrected chi connectivity index (χ3v) is 3.02. The number of hydrogen-bond donors (Lipinski definition) is 3. The Bertz CT molecular complexity index is 317. The second kappa shape index (κ2) is 3.18. The number of aliphatic hydroxyl groups excluding tert-OH is 1. The first-order valence-corrected chi connectivity index (χ1v) is 5.00. The van der Waals surface area contributed by atoms with Crippen molar-refractivity contribution in [2.75, 3.05) is 6.54 Å². The van der Waals surface area contributed by atoms with E-state index < -0.39 is 29.7 Å². The lowest BCUT2D eigenvalue weighted by Gasteiger charge is -2.40. The van der Waals surface area contributed by atoms with Gasteiger partial charge in [0.15, 0.2) is 0 Å². The maximum absolute atomic E-state index is 11.8. The quantitative estimate of drug-likeness (QED) is 0.479. The Hall–Kier alpha value is -1.14. The molecule has 2 fully saturated rings. The van der Waals surface area contributed by atoms with Gasteiger partial charge in [-0.1, -0.05) is 0 Å². The molecule has 0 saturated carbocycles. The molecule has 0 spiro atoms. The third kappa shape index (κ3) is 1.32. The van der Waals surface area contributed by atoms with Crippen LogP contribution >= 0.6 is 0 Å². The second-order valence-electron chi connectivity index (χ2n) is 4.10. The SMILES string of the molecule is CC(O)C1NC(=O)C2(O)CCCN2C1=O. The Morgan fingerprint density at radius 3 is 2.87 bits per heavy atom. The maximum atomic E-state index is 11.8. The molecule has 3 N–H and O–H groups in total. The van der Waals surface area contributed by atoms with Crippen LogP contribution in [0.15, 0.2) is 0 Å². The normalized spacial score (nSPS) is 37.5. The highest BCUT2D eigenvalue weighted by atomic mass is 16.3. The minimum atomic E-state index is -1.69. The van der Waals surface area contributed by atoms with Gasteiger partial charge in [-0.2, -0.15) is 0 Å². The van der Waals surface area contributed by atoms with Gasteiger partial charge < -0.3 is 20.4 Å². The predicted molar refractivity (Wildman–Crippen MR) is 49.5 cm³/mol. The fourth-order valence-electron chi connectivity index (χ4n) is 2.15. The van der Waals surface area contributed by atoms with Gasteiger partial charge in [0.05, 0.1) is 6.10 Å². The van der Waals surface area contributed by atoms with E-state index in [1.54, 1.807) is 0 Å². The molecule has 0 radical (unpaired) electrons. The molecule has 3 unspecified atom stereocenters. The summed E-state index contributed by atoms with van der Waals surface area (Å²) in [6.45, 7) is 1.80. The zero-order valence-corrected chi connectivity index (χ0v) is 8.43. The number of rotatable bonds is 1. The highest BCUT2D eigenvalue weighted by Gasteiger charge is 2.54. The lowest BCUT2D eigenvalue weighted by atomic mass is 10.0. The first-order chi connectivity index (χ1) is 6.97. The number of nitrogens with one attached hydrogen (secondary N) is 1. The molecule has 2 aliphatic heterocycles. The Morgan fingerprint density at radius 1 is 1.60 bits per heavy atom. The first-order valence-electron chi connectivity index (χ1n) is 5.00. The Balaban J connectivity index is 2.30. The zero-order chi connectivity index (χ0) is 11.2. The van der Waals surface area contributed by atoms with Crippen molar-refractivity contribution in [2.24, 2.45) is 0 Å². The van der Waals surface area contributed by atoms with Crippen molar-refractivity contribution < 1.29 is 19.8 Å². The van der Waals surface area contributed by atoms with E-state index >= 15 is 0 Å². The van der Waals surface area contributed by atoms with Crippen LogP contribution in [-0.4, -0.2) is 51.3 Å². The van der Waals surface area contributed by atoms with Gasteiger partial charge in [0.25, 0.3) is 5.91 Å². The molecular formula is C9H14N2O4. The monoisotopic (exact) mass is 214 g/mol. The van der Waals surface area contributed by atoms with Crippen molar-refractivity contribution in [1.82, 2.24) is 10.2 Å². The fraction of sp³-hybridized carbons (Fsp3) is 0.778. The van der Waals surface area contributed by atoms with Gasteiger partial charge in [-0.25, -0.2) is 0 Å². The number of piperazine rings is 1. The average molecular weight is 214 g/mol. The molecule has 0 aromatic heterocycles. The van der Waals surface area contributed by atoms with E-state index in [1.807, 2.05) is 0 Å². The molecule has 2 heterocycles. The summed E-state index contributed by atoms with van der Waals surface area (Å²) in [6.07, 6.45) is -0.0918. The number of aliphatic hydroxyl groups is 2. The molecule has 3 atom stereocenters. The van der Waals surface area contributed by atoms with Gasteiger partial charge in [-0.3, -0.25) is 9.59 Å². The van der Waals surface area contributed by atoms with Crippen LogP contribution in [0, 0.1) is 0 Å². The average Bonchev–Trinajstić information content (AvgIpc) is 2.55. The summed E-state index contributed by atoms with van der Waals surface area (Å²) in [5.41, 5.74) is -1.69. The smallest absolute Gasteiger partial charge is 0.274 e. The summed E-state index contributed by atoms with van der Waals surface area (Å²) in [6, 6.07) is -0.934. The Labute approximate surface area is 86.9 Å². The first kappa shape index (κ1) is 10.4. The number of carbonyl (C=O) groups is 2. The Kier molecular flexibility index (Phi) is 2.20. The summed E-state index contributed by atoms with van der Waals surface area (Å²) in [7, 11) is 0. The van der Waals surface area contributed by atoms with Crippen molar-refractivity contribution in [3.05, 3.63) is 0 Å².